The summed E-state index contributed by atoms with van der Waals surface area (Å²) in [5.41, 5.74) is 2.08. The van der Waals surface area contributed by atoms with Crippen molar-refractivity contribution < 1.29 is 0 Å². The zero-order chi connectivity index (χ0) is 13.1. The number of hydrogen-bond donors (Lipinski definition) is 0. The first-order chi connectivity index (χ1) is 8.88. The van der Waals surface area contributed by atoms with Crippen molar-refractivity contribution in [2.45, 2.75) is 25.7 Å². The molecule has 0 saturated carbocycles. The van der Waals surface area contributed by atoms with Crippen molar-refractivity contribution in [3.63, 3.8) is 0 Å². The maximum absolute atomic E-state index is 3.41. The summed E-state index contributed by atoms with van der Waals surface area (Å²) in [6, 6.07) is 8.10. The van der Waals surface area contributed by atoms with Crippen molar-refractivity contribution in [2.24, 2.45) is 0 Å². The van der Waals surface area contributed by atoms with Crippen molar-refractivity contribution in [3.8, 4) is 23.7 Å². The minimum atomic E-state index is 0.927. The molecule has 0 amide bonds. The van der Waals surface area contributed by atoms with E-state index in [1.807, 2.05) is 24.3 Å². The molecule has 0 heterocycles. The quantitative estimate of drug-likeness (QED) is 0.409. The highest BCUT2D eigenvalue weighted by atomic mass is 79.9. The van der Waals surface area contributed by atoms with Gasteiger partial charge in [0.25, 0.3) is 0 Å². The number of unbranched alkanes of at least 4 members (excludes halogenated alkanes) is 2. The minimum absolute atomic E-state index is 0.927. The average molecular weight is 368 g/mol. The molecule has 94 valence electrons. The highest BCUT2D eigenvalue weighted by Gasteiger charge is 1.93. The molecule has 0 radical (unpaired) electrons. The van der Waals surface area contributed by atoms with Gasteiger partial charge in [-0.3, -0.25) is 0 Å². The summed E-state index contributed by atoms with van der Waals surface area (Å²) >= 11 is 6.81. The van der Waals surface area contributed by atoms with E-state index in [-0.39, 0.29) is 0 Å². The van der Waals surface area contributed by atoms with Gasteiger partial charge in [0, 0.05) is 34.6 Å². The number of hydrogen-bond acceptors (Lipinski definition) is 0. The highest BCUT2D eigenvalue weighted by Crippen LogP contribution is 2.06. The summed E-state index contributed by atoms with van der Waals surface area (Å²) in [6.07, 6.45) is 4.03. The van der Waals surface area contributed by atoms with Gasteiger partial charge in [0.05, 0.1) is 0 Å². The van der Waals surface area contributed by atoms with E-state index in [0.717, 1.165) is 47.5 Å². The maximum Gasteiger partial charge on any atom is 0.0401 e. The fourth-order valence-corrected chi connectivity index (χ4v) is 1.89. The Morgan fingerprint density at radius 2 is 1.22 bits per heavy atom. The lowest BCUT2D eigenvalue weighted by molar-refractivity contribution is 1.00. The molecule has 0 unspecified atom stereocenters. The van der Waals surface area contributed by atoms with Gasteiger partial charge in [-0.15, -0.1) is 0 Å². The molecule has 1 aromatic carbocycles. The van der Waals surface area contributed by atoms with Crippen LogP contribution in [0.1, 0.15) is 36.8 Å². The lowest BCUT2D eigenvalue weighted by atomic mass is 10.1. The summed E-state index contributed by atoms with van der Waals surface area (Å²) in [4.78, 5) is 0. The Morgan fingerprint density at radius 3 is 1.61 bits per heavy atom. The molecule has 0 nitrogen and oxygen atoms in total. The Kier molecular flexibility index (Phi) is 8.74. The average Bonchev–Trinajstić information content (AvgIpc) is 2.41. The van der Waals surface area contributed by atoms with E-state index < -0.39 is 0 Å². The number of alkyl halides is 2. The van der Waals surface area contributed by atoms with E-state index >= 15 is 0 Å². The normalized spacial score (nSPS) is 9.00. The van der Waals surface area contributed by atoms with Crippen LogP contribution in [0.15, 0.2) is 24.3 Å². The monoisotopic (exact) mass is 366 g/mol. The van der Waals surface area contributed by atoms with Gasteiger partial charge in [0.15, 0.2) is 0 Å². The van der Waals surface area contributed by atoms with Gasteiger partial charge in [-0.05, 0) is 25.0 Å². The standard InChI is InChI=1S/C16H16Br2/c17-13-7-1-3-9-15-11-5-6-12-16(15)10-4-2-8-14-18/h5-6,11-12H,1-2,7-8,13-14H2. The molecule has 0 aliphatic carbocycles. The molecule has 0 aromatic heterocycles. The molecule has 0 aliphatic heterocycles. The third-order valence-corrected chi connectivity index (χ3v) is 3.37. The van der Waals surface area contributed by atoms with Crippen LogP contribution in [-0.4, -0.2) is 10.7 Å². The van der Waals surface area contributed by atoms with Gasteiger partial charge in [-0.1, -0.05) is 67.7 Å². The first-order valence-electron chi connectivity index (χ1n) is 6.07. The smallest absolute Gasteiger partial charge is 0.0401 e. The van der Waals surface area contributed by atoms with E-state index in [1.165, 1.54) is 0 Å². The Labute approximate surface area is 127 Å². The van der Waals surface area contributed by atoms with Crippen LogP contribution in [0.2, 0.25) is 0 Å². The summed E-state index contributed by atoms with van der Waals surface area (Å²) in [6.45, 7) is 0. The zero-order valence-corrected chi connectivity index (χ0v) is 13.5. The Hall–Kier alpha value is -0.700. The first kappa shape index (κ1) is 15.4. The van der Waals surface area contributed by atoms with Crippen molar-refractivity contribution >= 4 is 31.9 Å². The van der Waals surface area contributed by atoms with Gasteiger partial charge >= 0.3 is 0 Å². The first-order valence-corrected chi connectivity index (χ1v) is 8.31. The predicted octanol–water partition coefficient (Wildman–Crippen LogP) is 4.74. The number of halogens is 2. The lowest BCUT2D eigenvalue weighted by Crippen LogP contribution is -1.83. The van der Waals surface area contributed by atoms with Crippen LogP contribution in [0.25, 0.3) is 0 Å². The molecule has 0 fully saturated rings. The van der Waals surface area contributed by atoms with Gasteiger partial charge in [-0.2, -0.15) is 0 Å². The van der Waals surface area contributed by atoms with Gasteiger partial charge in [0.2, 0.25) is 0 Å². The van der Waals surface area contributed by atoms with Crippen LogP contribution >= 0.6 is 31.9 Å². The molecule has 1 aromatic rings. The summed E-state index contributed by atoms with van der Waals surface area (Å²) in [5, 5.41) is 2.02. The van der Waals surface area contributed by atoms with Crippen molar-refractivity contribution in [1.29, 1.82) is 0 Å². The molecule has 0 N–H and O–H groups in total. The Morgan fingerprint density at radius 1 is 0.778 bits per heavy atom. The fourth-order valence-electron chi connectivity index (χ4n) is 1.33. The number of rotatable bonds is 4. The molecule has 2 heteroatoms. The van der Waals surface area contributed by atoms with Gasteiger partial charge < -0.3 is 0 Å². The van der Waals surface area contributed by atoms with Crippen LogP contribution in [0.3, 0.4) is 0 Å². The lowest BCUT2D eigenvalue weighted by Gasteiger charge is -1.95. The second-order valence-electron chi connectivity index (χ2n) is 3.73. The largest absolute Gasteiger partial charge is 0.0978 e. The maximum atomic E-state index is 3.41. The molecule has 18 heavy (non-hydrogen) atoms. The van der Waals surface area contributed by atoms with E-state index in [2.05, 4.69) is 55.5 Å². The van der Waals surface area contributed by atoms with Gasteiger partial charge in [0.1, 0.15) is 0 Å². The third-order valence-electron chi connectivity index (χ3n) is 2.24. The van der Waals surface area contributed by atoms with Crippen molar-refractivity contribution in [2.75, 3.05) is 10.7 Å². The molecular weight excluding hydrogens is 352 g/mol. The minimum Gasteiger partial charge on any atom is -0.0978 e. The number of benzene rings is 1. The summed E-state index contributed by atoms with van der Waals surface area (Å²) in [5.74, 6) is 12.8. The topological polar surface area (TPSA) is 0 Å². The molecule has 0 atom stereocenters. The molecule has 0 aliphatic rings. The predicted molar refractivity (Wildman–Crippen MR) is 86.3 cm³/mol. The Bertz CT molecular complexity index is 424. The van der Waals surface area contributed by atoms with E-state index in [4.69, 9.17) is 0 Å². The van der Waals surface area contributed by atoms with E-state index in [0.29, 0.717) is 0 Å². The fraction of sp³-hybridized carbons (Fsp3) is 0.375. The molecule has 0 bridgehead atoms. The van der Waals surface area contributed by atoms with Crippen molar-refractivity contribution in [3.05, 3.63) is 35.4 Å². The van der Waals surface area contributed by atoms with Crippen LogP contribution in [0.5, 0.6) is 0 Å². The third kappa shape index (κ3) is 6.29. The molecule has 1 rings (SSSR count). The van der Waals surface area contributed by atoms with Crippen molar-refractivity contribution in [1.82, 2.24) is 0 Å². The Balaban J connectivity index is 2.71. The van der Waals surface area contributed by atoms with E-state index in [9.17, 15) is 0 Å². The summed E-state index contributed by atoms with van der Waals surface area (Å²) in [7, 11) is 0. The summed E-state index contributed by atoms with van der Waals surface area (Å²) < 4.78 is 0. The highest BCUT2D eigenvalue weighted by molar-refractivity contribution is 9.09. The van der Waals surface area contributed by atoms with Crippen LogP contribution in [-0.2, 0) is 0 Å². The van der Waals surface area contributed by atoms with Gasteiger partial charge in [-0.25, -0.2) is 0 Å². The molecule has 0 spiro atoms. The van der Waals surface area contributed by atoms with E-state index in [1.54, 1.807) is 0 Å². The molecular formula is C16H16Br2. The van der Waals surface area contributed by atoms with Crippen LogP contribution in [0, 0.1) is 23.7 Å². The second-order valence-corrected chi connectivity index (χ2v) is 5.32. The molecule has 0 saturated heterocycles. The zero-order valence-electron chi connectivity index (χ0n) is 10.3. The van der Waals surface area contributed by atoms with Crippen LogP contribution in [0.4, 0.5) is 0 Å². The SMILES string of the molecule is BrCCCC#Cc1ccccc1C#CCCCBr. The van der Waals surface area contributed by atoms with Crippen LogP contribution < -0.4 is 0 Å². The second kappa shape index (κ2) is 10.2.